The van der Waals surface area contributed by atoms with E-state index in [1.54, 1.807) is 6.07 Å². The third-order valence-electron chi connectivity index (χ3n) is 2.29. The van der Waals surface area contributed by atoms with Crippen molar-refractivity contribution < 1.29 is 9.13 Å². The molecule has 2 rings (SSSR count). The van der Waals surface area contributed by atoms with Crippen molar-refractivity contribution in [1.82, 2.24) is 0 Å². The van der Waals surface area contributed by atoms with E-state index >= 15 is 0 Å². The number of anilines is 2. The topological polar surface area (TPSA) is 33.3 Å². The van der Waals surface area contributed by atoms with Crippen LogP contribution in [0.5, 0.6) is 5.75 Å². The summed E-state index contributed by atoms with van der Waals surface area (Å²) in [7, 11) is 1.46. The van der Waals surface area contributed by atoms with Gasteiger partial charge in [0.1, 0.15) is 0 Å². The number of hydrogen-bond acceptors (Lipinski definition) is 3. The fourth-order valence-corrected chi connectivity index (χ4v) is 1.56. The Hall–Kier alpha value is -1.45. The van der Waals surface area contributed by atoms with Crippen LogP contribution in [0, 0.1) is 5.82 Å². The van der Waals surface area contributed by atoms with Gasteiger partial charge in [-0.2, -0.15) is 0 Å². The first-order valence-corrected chi connectivity index (χ1v) is 4.58. The van der Waals surface area contributed by atoms with Crippen molar-refractivity contribution in [3.63, 3.8) is 0 Å². The third-order valence-corrected chi connectivity index (χ3v) is 2.29. The molecule has 1 aromatic rings. The molecule has 4 heteroatoms. The van der Waals surface area contributed by atoms with Crippen LogP contribution in [0.25, 0.3) is 0 Å². The van der Waals surface area contributed by atoms with Crippen LogP contribution in [-0.2, 0) is 0 Å². The van der Waals surface area contributed by atoms with Crippen LogP contribution in [0.3, 0.4) is 0 Å². The number of methoxy groups -OCH3 is 1. The molecule has 0 aromatic heterocycles. The largest absolute Gasteiger partial charge is 0.494 e. The van der Waals surface area contributed by atoms with Crippen molar-refractivity contribution in [2.75, 3.05) is 24.3 Å². The van der Waals surface area contributed by atoms with Crippen molar-refractivity contribution in [2.24, 2.45) is 0 Å². The second-order valence-electron chi connectivity index (χ2n) is 3.46. The van der Waals surface area contributed by atoms with Crippen LogP contribution in [-0.4, -0.2) is 19.7 Å². The summed E-state index contributed by atoms with van der Waals surface area (Å²) >= 11 is 0. The monoisotopic (exact) mass is 196 g/mol. The highest BCUT2D eigenvalue weighted by Crippen LogP contribution is 2.32. The third kappa shape index (κ3) is 1.47. The molecule has 1 aliphatic rings. The minimum Gasteiger partial charge on any atom is -0.494 e. The SMILES string of the molecule is COc1cc2c(cc1F)NCC(C)N2. The van der Waals surface area contributed by atoms with Gasteiger partial charge in [-0.15, -0.1) is 0 Å². The van der Waals surface area contributed by atoms with Gasteiger partial charge in [-0.3, -0.25) is 0 Å². The molecule has 0 aliphatic carbocycles. The fourth-order valence-electron chi connectivity index (χ4n) is 1.56. The van der Waals surface area contributed by atoms with Crippen LogP contribution >= 0.6 is 0 Å². The summed E-state index contributed by atoms with van der Waals surface area (Å²) in [5, 5.41) is 6.40. The van der Waals surface area contributed by atoms with Gasteiger partial charge in [0.15, 0.2) is 11.6 Å². The second kappa shape index (κ2) is 3.36. The molecule has 1 aromatic carbocycles. The number of halogens is 1. The zero-order valence-electron chi connectivity index (χ0n) is 8.23. The Kier molecular flexibility index (Phi) is 2.19. The van der Waals surface area contributed by atoms with E-state index in [0.717, 1.165) is 17.9 Å². The molecule has 3 nitrogen and oxygen atoms in total. The molecule has 1 atom stereocenters. The first kappa shape index (κ1) is 9.12. The van der Waals surface area contributed by atoms with Crippen molar-refractivity contribution in [1.29, 1.82) is 0 Å². The van der Waals surface area contributed by atoms with Gasteiger partial charge in [0.05, 0.1) is 18.5 Å². The van der Waals surface area contributed by atoms with Crippen LogP contribution in [0.1, 0.15) is 6.92 Å². The van der Waals surface area contributed by atoms with E-state index < -0.39 is 0 Å². The van der Waals surface area contributed by atoms with E-state index in [-0.39, 0.29) is 11.6 Å². The first-order valence-electron chi connectivity index (χ1n) is 4.58. The van der Waals surface area contributed by atoms with Gasteiger partial charge in [-0.1, -0.05) is 0 Å². The maximum atomic E-state index is 13.3. The van der Waals surface area contributed by atoms with Gasteiger partial charge < -0.3 is 15.4 Å². The molecule has 0 radical (unpaired) electrons. The predicted octanol–water partition coefficient (Wildman–Crippen LogP) is 2.06. The van der Waals surface area contributed by atoms with Gasteiger partial charge in [0.25, 0.3) is 0 Å². The van der Waals surface area contributed by atoms with Gasteiger partial charge in [-0.25, -0.2) is 4.39 Å². The van der Waals surface area contributed by atoms with Crippen molar-refractivity contribution in [2.45, 2.75) is 13.0 Å². The molecule has 0 saturated heterocycles. The molecule has 2 N–H and O–H groups in total. The van der Waals surface area contributed by atoms with Gasteiger partial charge in [0.2, 0.25) is 0 Å². The predicted molar refractivity (Wildman–Crippen MR) is 54.5 cm³/mol. The summed E-state index contributed by atoms with van der Waals surface area (Å²) in [6, 6.07) is 3.47. The van der Waals surface area contributed by atoms with Gasteiger partial charge in [-0.05, 0) is 6.92 Å². The quantitative estimate of drug-likeness (QED) is 0.721. The van der Waals surface area contributed by atoms with Crippen LogP contribution < -0.4 is 15.4 Å². The normalized spacial score (nSPS) is 19.2. The number of nitrogens with one attached hydrogen (secondary N) is 2. The van der Waals surface area contributed by atoms with Gasteiger partial charge >= 0.3 is 0 Å². The Morgan fingerprint density at radius 1 is 1.43 bits per heavy atom. The smallest absolute Gasteiger partial charge is 0.167 e. The highest BCUT2D eigenvalue weighted by atomic mass is 19.1. The van der Waals surface area contributed by atoms with E-state index in [1.165, 1.54) is 13.2 Å². The average molecular weight is 196 g/mol. The van der Waals surface area contributed by atoms with Crippen LogP contribution in [0.4, 0.5) is 15.8 Å². The summed E-state index contributed by atoms with van der Waals surface area (Å²) in [4.78, 5) is 0. The molecule has 76 valence electrons. The fraction of sp³-hybridized carbons (Fsp3) is 0.400. The lowest BCUT2D eigenvalue weighted by Gasteiger charge is -2.26. The zero-order chi connectivity index (χ0) is 10.1. The Morgan fingerprint density at radius 2 is 2.21 bits per heavy atom. The molecule has 1 heterocycles. The zero-order valence-corrected chi connectivity index (χ0v) is 8.23. The highest BCUT2D eigenvalue weighted by Gasteiger charge is 2.16. The van der Waals surface area contributed by atoms with Crippen LogP contribution in [0.2, 0.25) is 0 Å². The van der Waals surface area contributed by atoms with Crippen molar-refractivity contribution in [3.8, 4) is 5.75 Å². The Balaban J connectivity index is 2.41. The highest BCUT2D eigenvalue weighted by molar-refractivity contribution is 5.73. The Morgan fingerprint density at radius 3 is 2.93 bits per heavy atom. The van der Waals surface area contributed by atoms with E-state index in [9.17, 15) is 4.39 Å². The molecule has 0 amide bonds. The molecular formula is C10H13FN2O. The van der Waals surface area contributed by atoms with E-state index in [2.05, 4.69) is 17.6 Å². The molecule has 0 spiro atoms. The number of hydrogen-bond donors (Lipinski definition) is 2. The lowest BCUT2D eigenvalue weighted by Crippen LogP contribution is -2.30. The lowest BCUT2D eigenvalue weighted by molar-refractivity contribution is 0.387. The number of rotatable bonds is 1. The minimum absolute atomic E-state index is 0.271. The average Bonchev–Trinajstić information content (AvgIpc) is 2.17. The second-order valence-corrected chi connectivity index (χ2v) is 3.46. The molecule has 0 saturated carbocycles. The molecule has 14 heavy (non-hydrogen) atoms. The summed E-state index contributed by atoms with van der Waals surface area (Å²) in [5.74, 6) is -0.0674. The van der Waals surface area contributed by atoms with Crippen molar-refractivity contribution in [3.05, 3.63) is 17.9 Å². The number of benzene rings is 1. The first-order chi connectivity index (χ1) is 6.70. The molecule has 0 fully saturated rings. The standard InChI is InChI=1S/C10H13FN2O/c1-6-5-12-8-3-7(11)10(14-2)4-9(8)13-6/h3-4,6,12-13H,5H2,1-2H3. The molecule has 1 aliphatic heterocycles. The summed E-state index contributed by atoms with van der Waals surface area (Å²) in [6.07, 6.45) is 0. The Bertz CT molecular complexity index is 354. The number of ether oxygens (including phenoxy) is 1. The molecule has 1 unspecified atom stereocenters. The Labute approximate surface area is 82.3 Å². The van der Waals surface area contributed by atoms with E-state index in [4.69, 9.17) is 4.74 Å². The summed E-state index contributed by atoms with van der Waals surface area (Å²) in [6.45, 7) is 2.87. The van der Waals surface area contributed by atoms with Crippen LogP contribution in [0.15, 0.2) is 12.1 Å². The number of fused-ring (bicyclic) bond motifs is 1. The molecule has 0 bridgehead atoms. The molecular weight excluding hydrogens is 183 g/mol. The summed E-state index contributed by atoms with van der Waals surface area (Å²) < 4.78 is 18.2. The minimum atomic E-state index is -0.338. The van der Waals surface area contributed by atoms with E-state index in [1.807, 2.05) is 0 Å². The lowest BCUT2D eigenvalue weighted by atomic mass is 10.1. The van der Waals surface area contributed by atoms with Gasteiger partial charge in [0, 0.05) is 24.7 Å². The van der Waals surface area contributed by atoms with Crippen molar-refractivity contribution >= 4 is 11.4 Å². The van der Waals surface area contributed by atoms with E-state index in [0.29, 0.717) is 6.04 Å². The maximum Gasteiger partial charge on any atom is 0.167 e. The summed E-state index contributed by atoms with van der Waals surface area (Å²) in [5.41, 5.74) is 1.68. The maximum absolute atomic E-state index is 13.3.